The van der Waals surface area contributed by atoms with Crippen LogP contribution in [0.5, 0.6) is 0 Å². The van der Waals surface area contributed by atoms with Crippen LogP contribution in [0.1, 0.15) is 54.5 Å². The lowest BCUT2D eigenvalue weighted by Gasteiger charge is -2.32. The molecule has 0 radical (unpaired) electrons. The summed E-state index contributed by atoms with van der Waals surface area (Å²) in [6.07, 6.45) is 7.07. The van der Waals surface area contributed by atoms with Gasteiger partial charge in [0.1, 0.15) is 11.6 Å². The fourth-order valence-electron chi connectivity index (χ4n) is 4.36. The third-order valence-corrected chi connectivity index (χ3v) is 6.16. The summed E-state index contributed by atoms with van der Waals surface area (Å²) in [5, 5.41) is 13.5. The summed E-state index contributed by atoms with van der Waals surface area (Å²) >= 11 is 0. The average molecular weight is 358 g/mol. The molecule has 0 bridgehead atoms. The third kappa shape index (κ3) is 3.55. The fourth-order valence-corrected chi connectivity index (χ4v) is 4.36. The van der Waals surface area contributed by atoms with Crippen molar-refractivity contribution in [2.75, 3.05) is 26.2 Å². The van der Waals surface area contributed by atoms with Gasteiger partial charge >= 0.3 is 0 Å². The van der Waals surface area contributed by atoms with E-state index in [0.29, 0.717) is 5.92 Å². The van der Waals surface area contributed by atoms with Crippen LogP contribution in [0.15, 0.2) is 6.20 Å². The molecule has 0 spiro atoms. The molecule has 0 aromatic carbocycles. The molecular weight excluding hydrogens is 326 g/mol. The van der Waals surface area contributed by atoms with Crippen molar-refractivity contribution in [2.24, 2.45) is 14.1 Å². The van der Waals surface area contributed by atoms with Crippen molar-refractivity contribution in [1.29, 1.82) is 0 Å². The maximum Gasteiger partial charge on any atom is 0.146 e. The van der Waals surface area contributed by atoms with Crippen molar-refractivity contribution in [3.63, 3.8) is 0 Å². The first-order valence-electron chi connectivity index (χ1n) is 9.92. The molecule has 0 saturated carbocycles. The van der Waals surface area contributed by atoms with Crippen LogP contribution in [-0.2, 0) is 27.2 Å². The third-order valence-electron chi connectivity index (χ3n) is 6.16. The number of aryl methyl sites for hydroxylation is 1. The van der Waals surface area contributed by atoms with Crippen LogP contribution >= 0.6 is 0 Å². The van der Waals surface area contributed by atoms with Gasteiger partial charge in [-0.3, -0.25) is 14.5 Å². The molecule has 0 aliphatic carbocycles. The zero-order valence-corrected chi connectivity index (χ0v) is 16.4. The van der Waals surface area contributed by atoms with Gasteiger partial charge in [-0.05, 0) is 52.2 Å². The van der Waals surface area contributed by atoms with Crippen molar-refractivity contribution in [2.45, 2.75) is 51.6 Å². The highest BCUT2D eigenvalue weighted by Crippen LogP contribution is 2.27. The maximum absolute atomic E-state index is 4.59. The summed E-state index contributed by atoms with van der Waals surface area (Å²) in [4.78, 5) is 5.04. The molecule has 4 rings (SSSR count). The predicted octanol–water partition coefficient (Wildman–Crippen LogP) is 1.83. The molecule has 2 aliphatic rings. The second-order valence-corrected chi connectivity index (χ2v) is 7.97. The van der Waals surface area contributed by atoms with Crippen LogP contribution in [0.4, 0.5) is 0 Å². The van der Waals surface area contributed by atoms with E-state index in [1.807, 2.05) is 17.9 Å². The van der Waals surface area contributed by atoms with Gasteiger partial charge in [0, 0.05) is 44.4 Å². The molecule has 2 saturated heterocycles. The van der Waals surface area contributed by atoms with Gasteiger partial charge in [-0.1, -0.05) is 0 Å². The van der Waals surface area contributed by atoms with E-state index in [2.05, 4.69) is 43.6 Å². The van der Waals surface area contributed by atoms with Crippen LogP contribution in [0.2, 0.25) is 0 Å². The average Bonchev–Trinajstić information content (AvgIpc) is 3.35. The summed E-state index contributed by atoms with van der Waals surface area (Å²) in [5.41, 5.74) is 2.60. The van der Waals surface area contributed by atoms with Crippen LogP contribution in [0.25, 0.3) is 0 Å². The van der Waals surface area contributed by atoms with Crippen molar-refractivity contribution in [3.05, 3.63) is 29.1 Å². The highest BCUT2D eigenvalue weighted by Gasteiger charge is 2.27. The van der Waals surface area contributed by atoms with Crippen molar-refractivity contribution in [3.8, 4) is 0 Å². The molecule has 7 heteroatoms. The van der Waals surface area contributed by atoms with Gasteiger partial charge in [-0.15, -0.1) is 10.2 Å². The van der Waals surface area contributed by atoms with Crippen LogP contribution in [0, 0.1) is 6.92 Å². The van der Waals surface area contributed by atoms with E-state index in [9.17, 15) is 0 Å². The summed E-state index contributed by atoms with van der Waals surface area (Å²) in [5.74, 6) is 2.75. The minimum absolute atomic E-state index is 0.477. The minimum atomic E-state index is 0.477. The van der Waals surface area contributed by atoms with E-state index < -0.39 is 0 Å². The van der Waals surface area contributed by atoms with E-state index in [1.54, 1.807) is 0 Å². The molecule has 26 heavy (non-hydrogen) atoms. The molecule has 1 atom stereocenters. The molecule has 2 fully saturated rings. The highest BCUT2D eigenvalue weighted by atomic mass is 15.3. The zero-order valence-electron chi connectivity index (χ0n) is 16.4. The summed E-state index contributed by atoms with van der Waals surface area (Å²) in [7, 11) is 4.16. The van der Waals surface area contributed by atoms with Gasteiger partial charge in [-0.2, -0.15) is 5.10 Å². The van der Waals surface area contributed by atoms with E-state index in [4.69, 9.17) is 0 Å². The van der Waals surface area contributed by atoms with E-state index in [1.165, 1.54) is 50.0 Å². The van der Waals surface area contributed by atoms with Crippen molar-refractivity contribution in [1.82, 2.24) is 34.3 Å². The molecule has 142 valence electrons. The lowest BCUT2D eigenvalue weighted by atomic mass is 9.96. The lowest BCUT2D eigenvalue weighted by molar-refractivity contribution is 0.194. The Balaban J connectivity index is 1.42. The Morgan fingerprint density at radius 1 is 1.00 bits per heavy atom. The first kappa shape index (κ1) is 17.7. The van der Waals surface area contributed by atoms with Crippen molar-refractivity contribution >= 4 is 0 Å². The Hall–Kier alpha value is -1.73. The summed E-state index contributed by atoms with van der Waals surface area (Å²) in [6.45, 7) is 8.68. The van der Waals surface area contributed by atoms with Gasteiger partial charge in [0.15, 0.2) is 0 Å². The molecule has 1 unspecified atom stereocenters. The van der Waals surface area contributed by atoms with Crippen LogP contribution < -0.4 is 0 Å². The Morgan fingerprint density at radius 3 is 2.50 bits per heavy atom. The van der Waals surface area contributed by atoms with Gasteiger partial charge in [0.2, 0.25) is 0 Å². The highest BCUT2D eigenvalue weighted by molar-refractivity contribution is 5.16. The molecule has 7 nitrogen and oxygen atoms in total. The maximum atomic E-state index is 4.59. The normalized spacial score (nSPS) is 22.3. The molecule has 2 aromatic rings. The molecule has 2 aromatic heterocycles. The number of hydrogen-bond donors (Lipinski definition) is 0. The van der Waals surface area contributed by atoms with E-state index >= 15 is 0 Å². The Bertz CT molecular complexity index is 741. The number of rotatable bonds is 5. The molecule has 0 amide bonds. The number of likely N-dealkylation sites (tertiary alicyclic amines) is 2. The Kier molecular flexibility index (Phi) is 5.09. The van der Waals surface area contributed by atoms with Gasteiger partial charge in [0.05, 0.1) is 12.7 Å². The second kappa shape index (κ2) is 7.48. The largest absolute Gasteiger partial charge is 0.317 e. The predicted molar refractivity (Wildman–Crippen MR) is 101 cm³/mol. The standard InChI is InChI=1S/C19H31N7/c1-15-17(11-20-24(15)3)13-26-10-6-7-16(12-26)19-22-21-18(23(19)2)14-25-8-4-5-9-25/h11,16H,4-10,12-14H2,1-3H3. The lowest BCUT2D eigenvalue weighted by Crippen LogP contribution is -2.35. The monoisotopic (exact) mass is 357 g/mol. The first-order chi connectivity index (χ1) is 12.6. The summed E-state index contributed by atoms with van der Waals surface area (Å²) < 4.78 is 4.21. The molecule has 4 heterocycles. The molecule has 2 aliphatic heterocycles. The number of hydrogen-bond acceptors (Lipinski definition) is 5. The first-order valence-corrected chi connectivity index (χ1v) is 9.92. The van der Waals surface area contributed by atoms with Gasteiger partial charge < -0.3 is 4.57 Å². The molecule has 0 N–H and O–H groups in total. The van der Waals surface area contributed by atoms with Gasteiger partial charge in [-0.25, -0.2) is 0 Å². The van der Waals surface area contributed by atoms with Crippen LogP contribution in [-0.4, -0.2) is 60.5 Å². The Morgan fingerprint density at radius 2 is 1.77 bits per heavy atom. The number of aromatic nitrogens is 5. The quantitative estimate of drug-likeness (QED) is 0.817. The fraction of sp³-hybridized carbons (Fsp3) is 0.737. The number of piperidine rings is 1. The van der Waals surface area contributed by atoms with Crippen LogP contribution in [0.3, 0.4) is 0 Å². The molecular formula is C19H31N7. The summed E-state index contributed by atoms with van der Waals surface area (Å²) in [6, 6.07) is 0. The SMILES string of the molecule is Cc1c(CN2CCCC(c3nnc(CN4CCCC4)n3C)C2)cnn1C. The zero-order chi connectivity index (χ0) is 18.1. The second-order valence-electron chi connectivity index (χ2n) is 7.97. The van der Waals surface area contributed by atoms with E-state index in [0.717, 1.165) is 37.8 Å². The van der Waals surface area contributed by atoms with Gasteiger partial charge in [0.25, 0.3) is 0 Å². The minimum Gasteiger partial charge on any atom is -0.317 e. The number of nitrogens with zero attached hydrogens (tertiary/aromatic N) is 7. The smallest absolute Gasteiger partial charge is 0.146 e. The Labute approximate surface area is 156 Å². The van der Waals surface area contributed by atoms with E-state index in [-0.39, 0.29) is 0 Å². The van der Waals surface area contributed by atoms with Crippen molar-refractivity contribution < 1.29 is 0 Å². The topological polar surface area (TPSA) is 55.0 Å².